The Bertz CT molecular complexity index is 589. The van der Waals surface area contributed by atoms with Gasteiger partial charge in [-0.3, -0.25) is 4.79 Å². The Hall–Kier alpha value is -1.45. The molecule has 0 saturated heterocycles. The molecule has 0 aliphatic heterocycles. The summed E-state index contributed by atoms with van der Waals surface area (Å²) in [6, 6.07) is 3.29. The molecule has 8 heteroatoms. The lowest BCUT2D eigenvalue weighted by Gasteiger charge is -2.18. The summed E-state index contributed by atoms with van der Waals surface area (Å²) < 4.78 is 26.7. The minimum Gasteiger partial charge on any atom is -0.357 e. The number of hydrogen-bond donors (Lipinski definition) is 3. The molecule has 1 aromatic rings. The number of guanidine groups is 1. The molecule has 0 radical (unpaired) electrons. The normalized spacial score (nSPS) is 11.5. The van der Waals surface area contributed by atoms with Crippen LogP contribution in [0.1, 0.15) is 33.3 Å². The summed E-state index contributed by atoms with van der Waals surface area (Å²) >= 11 is 0. The number of nitrogens with zero attached hydrogens (tertiary/aromatic N) is 1. The number of halogens is 3. The van der Waals surface area contributed by atoms with Crippen molar-refractivity contribution in [2.75, 3.05) is 19.6 Å². The Morgan fingerprint density at radius 1 is 1.12 bits per heavy atom. The molecule has 1 aromatic carbocycles. The van der Waals surface area contributed by atoms with Gasteiger partial charge in [0.1, 0.15) is 11.6 Å². The number of carbonyl (C=O) groups excluding carboxylic acids is 1. The predicted octanol–water partition coefficient (Wildman–Crippen LogP) is 2.80. The zero-order valence-corrected chi connectivity index (χ0v) is 17.4. The summed E-state index contributed by atoms with van der Waals surface area (Å²) in [7, 11) is 0. The molecule has 25 heavy (non-hydrogen) atoms. The van der Waals surface area contributed by atoms with E-state index in [9.17, 15) is 13.6 Å². The Kier molecular flexibility index (Phi) is 10.6. The first kappa shape index (κ1) is 23.5. The van der Waals surface area contributed by atoms with E-state index in [4.69, 9.17) is 0 Å². The molecule has 0 atom stereocenters. The molecule has 0 heterocycles. The number of nitrogens with one attached hydrogen (secondary N) is 3. The molecule has 0 spiro atoms. The van der Waals surface area contributed by atoms with Crippen molar-refractivity contribution >= 4 is 35.8 Å². The minimum atomic E-state index is -0.496. The van der Waals surface area contributed by atoms with E-state index >= 15 is 0 Å². The van der Waals surface area contributed by atoms with Crippen molar-refractivity contribution in [1.29, 1.82) is 0 Å². The largest absolute Gasteiger partial charge is 0.357 e. The van der Waals surface area contributed by atoms with E-state index in [1.54, 1.807) is 0 Å². The van der Waals surface area contributed by atoms with Crippen LogP contribution in [0.2, 0.25) is 0 Å². The van der Waals surface area contributed by atoms with Crippen LogP contribution in [-0.2, 0) is 11.3 Å². The molecule has 0 fully saturated rings. The van der Waals surface area contributed by atoms with Gasteiger partial charge in [-0.25, -0.2) is 13.8 Å². The van der Waals surface area contributed by atoms with Crippen LogP contribution in [0.25, 0.3) is 0 Å². The lowest BCUT2D eigenvalue weighted by Crippen LogP contribution is -2.43. The quantitative estimate of drug-likeness (QED) is 0.261. The van der Waals surface area contributed by atoms with Gasteiger partial charge in [-0.05, 0) is 25.1 Å². The third-order valence-electron chi connectivity index (χ3n) is 3.14. The molecule has 0 bridgehead atoms. The van der Waals surface area contributed by atoms with Crippen LogP contribution in [0.15, 0.2) is 23.2 Å². The number of benzene rings is 1. The van der Waals surface area contributed by atoms with E-state index in [0.717, 1.165) is 18.2 Å². The van der Waals surface area contributed by atoms with Crippen molar-refractivity contribution in [3.05, 3.63) is 35.4 Å². The van der Waals surface area contributed by atoms with Crippen molar-refractivity contribution < 1.29 is 13.6 Å². The van der Waals surface area contributed by atoms with E-state index in [1.165, 1.54) is 0 Å². The van der Waals surface area contributed by atoms with E-state index in [1.807, 2.05) is 27.7 Å². The topological polar surface area (TPSA) is 65.5 Å². The van der Waals surface area contributed by atoms with Crippen molar-refractivity contribution in [2.24, 2.45) is 10.4 Å². The van der Waals surface area contributed by atoms with Gasteiger partial charge in [-0.15, -0.1) is 24.0 Å². The second kappa shape index (κ2) is 11.2. The summed E-state index contributed by atoms with van der Waals surface area (Å²) in [5.41, 5.74) is -0.249. The second-order valence-corrected chi connectivity index (χ2v) is 6.36. The van der Waals surface area contributed by atoms with Gasteiger partial charge in [0, 0.05) is 30.6 Å². The molecule has 0 unspecified atom stereocenters. The second-order valence-electron chi connectivity index (χ2n) is 6.36. The Morgan fingerprint density at radius 2 is 1.76 bits per heavy atom. The molecule has 1 amide bonds. The molecule has 5 nitrogen and oxygen atoms in total. The van der Waals surface area contributed by atoms with Crippen LogP contribution in [0, 0.1) is 17.0 Å². The van der Waals surface area contributed by atoms with Gasteiger partial charge >= 0.3 is 0 Å². The maximum Gasteiger partial charge on any atom is 0.225 e. The van der Waals surface area contributed by atoms with Crippen molar-refractivity contribution in [3.63, 3.8) is 0 Å². The molecule has 0 aliphatic rings. The molecular weight excluding hydrogens is 441 g/mol. The Labute approximate surface area is 165 Å². The summed E-state index contributed by atoms with van der Waals surface area (Å²) in [6.07, 6.45) is 0. The van der Waals surface area contributed by atoms with Gasteiger partial charge in [0.05, 0.1) is 6.54 Å². The van der Waals surface area contributed by atoms with Crippen LogP contribution >= 0.6 is 24.0 Å². The maximum absolute atomic E-state index is 13.6. The summed E-state index contributed by atoms with van der Waals surface area (Å²) in [6.45, 7) is 8.99. The third-order valence-corrected chi connectivity index (χ3v) is 3.14. The van der Waals surface area contributed by atoms with Crippen LogP contribution in [0.5, 0.6) is 0 Å². The highest BCUT2D eigenvalue weighted by atomic mass is 127. The molecule has 1 rings (SSSR count). The van der Waals surface area contributed by atoms with Crippen LogP contribution in [0.3, 0.4) is 0 Å². The van der Waals surface area contributed by atoms with Crippen LogP contribution < -0.4 is 16.0 Å². The average molecular weight is 468 g/mol. The molecule has 0 aliphatic carbocycles. The highest BCUT2D eigenvalue weighted by molar-refractivity contribution is 14.0. The number of rotatable bonds is 6. The first-order valence-corrected chi connectivity index (χ1v) is 7.98. The van der Waals surface area contributed by atoms with E-state index in [-0.39, 0.29) is 42.0 Å². The standard InChI is InChI=1S/C17H26F2N4O.HI/c1-5-20-16(22-9-8-21-15(24)17(2,3)4)23-11-12-10-13(18)6-7-14(12)19;/h6-7,10H,5,8-9,11H2,1-4H3,(H,21,24)(H2,20,22,23);1H. The van der Waals surface area contributed by atoms with E-state index < -0.39 is 17.0 Å². The smallest absolute Gasteiger partial charge is 0.225 e. The van der Waals surface area contributed by atoms with Gasteiger partial charge in [-0.1, -0.05) is 20.8 Å². The lowest BCUT2D eigenvalue weighted by atomic mass is 9.96. The highest BCUT2D eigenvalue weighted by Crippen LogP contribution is 2.12. The molecule has 0 saturated carbocycles. The van der Waals surface area contributed by atoms with Crippen molar-refractivity contribution in [1.82, 2.24) is 16.0 Å². The maximum atomic E-state index is 13.6. The number of amides is 1. The molecule has 3 N–H and O–H groups in total. The fourth-order valence-corrected chi connectivity index (χ4v) is 1.79. The molecule has 0 aromatic heterocycles. The monoisotopic (exact) mass is 468 g/mol. The predicted molar refractivity (Wildman–Crippen MR) is 107 cm³/mol. The fourth-order valence-electron chi connectivity index (χ4n) is 1.79. The number of carbonyl (C=O) groups is 1. The minimum absolute atomic E-state index is 0. The molecule has 142 valence electrons. The van der Waals surface area contributed by atoms with Crippen LogP contribution in [0.4, 0.5) is 8.78 Å². The number of aliphatic imine (C=N–C) groups is 1. The Balaban J connectivity index is 0.00000576. The average Bonchev–Trinajstić information content (AvgIpc) is 2.50. The SMILES string of the molecule is CCNC(=NCc1cc(F)ccc1F)NCCNC(=O)C(C)(C)C.I. The van der Waals surface area contributed by atoms with E-state index in [2.05, 4.69) is 20.9 Å². The first-order chi connectivity index (χ1) is 11.2. The van der Waals surface area contributed by atoms with Gasteiger partial charge < -0.3 is 16.0 Å². The fraction of sp³-hybridized carbons (Fsp3) is 0.529. The van der Waals surface area contributed by atoms with Crippen molar-refractivity contribution in [2.45, 2.75) is 34.2 Å². The summed E-state index contributed by atoms with van der Waals surface area (Å²) in [4.78, 5) is 16.0. The zero-order chi connectivity index (χ0) is 18.2. The van der Waals surface area contributed by atoms with Crippen LogP contribution in [-0.4, -0.2) is 31.5 Å². The van der Waals surface area contributed by atoms with Gasteiger partial charge in [0.2, 0.25) is 5.91 Å². The summed E-state index contributed by atoms with van der Waals surface area (Å²) in [5, 5.41) is 8.87. The Morgan fingerprint density at radius 3 is 2.36 bits per heavy atom. The van der Waals surface area contributed by atoms with E-state index in [0.29, 0.717) is 25.6 Å². The zero-order valence-electron chi connectivity index (χ0n) is 15.1. The first-order valence-electron chi connectivity index (χ1n) is 7.98. The van der Waals surface area contributed by atoms with Crippen molar-refractivity contribution in [3.8, 4) is 0 Å². The highest BCUT2D eigenvalue weighted by Gasteiger charge is 2.20. The van der Waals surface area contributed by atoms with Gasteiger partial charge in [0.15, 0.2) is 5.96 Å². The lowest BCUT2D eigenvalue weighted by molar-refractivity contribution is -0.128. The summed E-state index contributed by atoms with van der Waals surface area (Å²) in [5.74, 6) is -0.544. The molecular formula is C17H27F2IN4O. The van der Waals surface area contributed by atoms with Gasteiger partial charge in [0.25, 0.3) is 0 Å². The third kappa shape index (κ3) is 8.99. The van der Waals surface area contributed by atoms with Gasteiger partial charge in [-0.2, -0.15) is 0 Å². The number of hydrogen-bond acceptors (Lipinski definition) is 2.